The van der Waals surface area contributed by atoms with E-state index < -0.39 is 0 Å². The Morgan fingerprint density at radius 3 is 2.55 bits per heavy atom. The van der Waals surface area contributed by atoms with Gasteiger partial charge in [0.1, 0.15) is 5.82 Å². The second kappa shape index (κ2) is 9.96. The highest BCUT2D eigenvalue weighted by atomic mass is 35.5. The van der Waals surface area contributed by atoms with E-state index in [0.29, 0.717) is 22.0 Å². The Hall–Kier alpha value is -2.28. The molecule has 3 aromatic rings. The standard InChI is InChI=1S/C20H20ClN5O.2ClH/c21-17-10-9-15(23-20(27)13-5-7-14(22)8-6-13)12-16(17)19-25-24-18-4-2-1-3-11-26(18)19;;/h5-10,12H,1-4,11,22H2,(H,23,27);2*1H. The molecular formula is C20H22Cl3N5O. The summed E-state index contributed by atoms with van der Waals surface area (Å²) < 4.78 is 2.14. The summed E-state index contributed by atoms with van der Waals surface area (Å²) in [5.41, 5.74) is 8.26. The topological polar surface area (TPSA) is 85.8 Å². The lowest BCUT2D eigenvalue weighted by atomic mass is 10.1. The largest absolute Gasteiger partial charge is 0.399 e. The van der Waals surface area contributed by atoms with Crippen molar-refractivity contribution in [2.45, 2.75) is 32.2 Å². The maximum atomic E-state index is 12.5. The van der Waals surface area contributed by atoms with E-state index in [-0.39, 0.29) is 30.7 Å². The first-order chi connectivity index (χ1) is 13.1. The van der Waals surface area contributed by atoms with Gasteiger partial charge in [0.25, 0.3) is 5.91 Å². The Balaban J connectivity index is 0.00000150. The third-order valence-corrected chi connectivity index (χ3v) is 5.08. The van der Waals surface area contributed by atoms with Gasteiger partial charge >= 0.3 is 0 Å². The van der Waals surface area contributed by atoms with Gasteiger partial charge < -0.3 is 15.6 Å². The zero-order chi connectivity index (χ0) is 18.8. The first kappa shape index (κ1) is 23.0. The molecule has 2 heterocycles. The first-order valence-electron chi connectivity index (χ1n) is 9.01. The highest BCUT2D eigenvalue weighted by Gasteiger charge is 2.18. The summed E-state index contributed by atoms with van der Waals surface area (Å²) in [5, 5.41) is 12.2. The van der Waals surface area contributed by atoms with Crippen molar-refractivity contribution in [1.82, 2.24) is 14.8 Å². The molecule has 0 fully saturated rings. The fraction of sp³-hybridized carbons (Fsp3) is 0.250. The fourth-order valence-corrected chi connectivity index (χ4v) is 3.50. The molecule has 29 heavy (non-hydrogen) atoms. The van der Waals surface area contributed by atoms with Gasteiger partial charge in [-0.15, -0.1) is 35.0 Å². The number of fused-ring (bicyclic) bond motifs is 1. The third kappa shape index (κ3) is 5.01. The van der Waals surface area contributed by atoms with Crippen molar-refractivity contribution in [2.75, 3.05) is 11.1 Å². The molecule has 154 valence electrons. The molecule has 0 saturated carbocycles. The van der Waals surface area contributed by atoms with Crippen LogP contribution < -0.4 is 11.1 Å². The number of nitrogens with two attached hydrogens (primary N) is 1. The minimum Gasteiger partial charge on any atom is -0.399 e. The van der Waals surface area contributed by atoms with Crippen LogP contribution in [0.1, 0.15) is 35.4 Å². The van der Waals surface area contributed by atoms with Crippen LogP contribution in [0.2, 0.25) is 5.02 Å². The van der Waals surface area contributed by atoms with Gasteiger partial charge in [-0.3, -0.25) is 4.79 Å². The molecule has 4 rings (SSSR count). The number of amides is 1. The summed E-state index contributed by atoms with van der Waals surface area (Å²) in [4.78, 5) is 12.5. The van der Waals surface area contributed by atoms with Gasteiger partial charge in [-0.2, -0.15) is 0 Å². The van der Waals surface area contributed by atoms with Crippen molar-refractivity contribution in [1.29, 1.82) is 0 Å². The average Bonchev–Trinajstić information content (AvgIpc) is 2.91. The molecule has 1 aliphatic rings. The van der Waals surface area contributed by atoms with Crippen LogP contribution in [0.3, 0.4) is 0 Å². The minimum atomic E-state index is -0.205. The number of rotatable bonds is 3. The van der Waals surface area contributed by atoms with Crippen LogP contribution in [0.15, 0.2) is 42.5 Å². The molecule has 1 aliphatic heterocycles. The molecule has 3 N–H and O–H groups in total. The van der Waals surface area contributed by atoms with Crippen LogP contribution in [0.4, 0.5) is 11.4 Å². The lowest BCUT2D eigenvalue weighted by Gasteiger charge is -2.11. The smallest absolute Gasteiger partial charge is 0.255 e. The number of nitrogen functional groups attached to an aromatic ring is 1. The molecule has 0 radical (unpaired) electrons. The zero-order valence-electron chi connectivity index (χ0n) is 15.6. The molecule has 0 unspecified atom stereocenters. The monoisotopic (exact) mass is 453 g/mol. The molecule has 1 aromatic heterocycles. The summed E-state index contributed by atoms with van der Waals surface area (Å²) in [5.74, 6) is 1.54. The number of hydrogen-bond donors (Lipinski definition) is 2. The molecule has 9 heteroatoms. The molecule has 0 bridgehead atoms. The van der Waals surface area contributed by atoms with Gasteiger partial charge in [0, 0.05) is 35.5 Å². The van der Waals surface area contributed by atoms with Gasteiger partial charge in [-0.1, -0.05) is 18.0 Å². The number of halogens is 3. The molecule has 0 spiro atoms. The van der Waals surface area contributed by atoms with E-state index in [1.807, 2.05) is 6.07 Å². The highest BCUT2D eigenvalue weighted by molar-refractivity contribution is 6.33. The van der Waals surface area contributed by atoms with Crippen LogP contribution >= 0.6 is 36.4 Å². The number of hydrogen-bond acceptors (Lipinski definition) is 4. The quantitative estimate of drug-likeness (QED) is 0.545. The van der Waals surface area contributed by atoms with Crippen LogP contribution in [0.5, 0.6) is 0 Å². The second-order valence-corrected chi connectivity index (χ2v) is 7.08. The highest BCUT2D eigenvalue weighted by Crippen LogP contribution is 2.31. The van der Waals surface area contributed by atoms with E-state index >= 15 is 0 Å². The van der Waals surface area contributed by atoms with E-state index in [0.717, 1.165) is 43.0 Å². The van der Waals surface area contributed by atoms with Crippen molar-refractivity contribution >= 4 is 53.7 Å². The summed E-state index contributed by atoms with van der Waals surface area (Å²) in [6, 6.07) is 12.2. The van der Waals surface area contributed by atoms with Crippen LogP contribution in [0.25, 0.3) is 11.4 Å². The van der Waals surface area contributed by atoms with Crippen molar-refractivity contribution in [3.63, 3.8) is 0 Å². The Kier molecular flexibility index (Phi) is 7.90. The Labute approximate surface area is 186 Å². The van der Waals surface area contributed by atoms with E-state index in [2.05, 4.69) is 20.1 Å². The molecule has 2 aromatic carbocycles. The number of aryl methyl sites for hydroxylation is 1. The normalized spacial score (nSPS) is 12.7. The summed E-state index contributed by atoms with van der Waals surface area (Å²) in [7, 11) is 0. The van der Waals surface area contributed by atoms with Gasteiger partial charge in [0.05, 0.1) is 5.02 Å². The minimum absolute atomic E-state index is 0. The number of carbonyl (C=O) groups excluding carboxylic acids is 1. The SMILES string of the molecule is Cl.Cl.Nc1ccc(C(=O)Nc2ccc(Cl)c(-c3nnc4n3CCCCC4)c2)cc1. The molecular weight excluding hydrogens is 433 g/mol. The number of nitrogens with zero attached hydrogens (tertiary/aromatic N) is 3. The third-order valence-electron chi connectivity index (χ3n) is 4.75. The van der Waals surface area contributed by atoms with Crippen LogP contribution in [0, 0.1) is 0 Å². The Morgan fingerprint density at radius 1 is 1.03 bits per heavy atom. The summed E-state index contributed by atoms with van der Waals surface area (Å²) in [6.45, 7) is 0.885. The molecule has 0 saturated heterocycles. The lowest BCUT2D eigenvalue weighted by Crippen LogP contribution is -2.12. The van der Waals surface area contributed by atoms with E-state index in [1.54, 1.807) is 36.4 Å². The van der Waals surface area contributed by atoms with E-state index in [1.165, 1.54) is 6.42 Å². The maximum Gasteiger partial charge on any atom is 0.255 e. The van der Waals surface area contributed by atoms with Gasteiger partial charge in [0.2, 0.25) is 0 Å². The number of aromatic nitrogens is 3. The van der Waals surface area contributed by atoms with E-state index in [9.17, 15) is 4.79 Å². The second-order valence-electron chi connectivity index (χ2n) is 6.67. The van der Waals surface area contributed by atoms with Gasteiger partial charge in [-0.25, -0.2) is 0 Å². The van der Waals surface area contributed by atoms with Gasteiger partial charge in [0.15, 0.2) is 5.82 Å². The number of carbonyl (C=O) groups is 1. The Bertz CT molecular complexity index is 988. The number of nitrogens with one attached hydrogen (secondary N) is 1. The van der Waals surface area contributed by atoms with Crippen molar-refractivity contribution < 1.29 is 4.79 Å². The Morgan fingerprint density at radius 2 is 1.79 bits per heavy atom. The molecule has 0 atom stereocenters. The maximum absolute atomic E-state index is 12.5. The predicted octanol–water partition coefficient (Wildman–Crippen LogP) is 5.00. The van der Waals surface area contributed by atoms with Crippen molar-refractivity contribution in [3.05, 3.63) is 58.9 Å². The van der Waals surface area contributed by atoms with E-state index in [4.69, 9.17) is 17.3 Å². The first-order valence-corrected chi connectivity index (χ1v) is 9.38. The lowest BCUT2D eigenvalue weighted by molar-refractivity contribution is 0.102. The predicted molar refractivity (Wildman–Crippen MR) is 121 cm³/mol. The number of anilines is 2. The average molecular weight is 455 g/mol. The van der Waals surface area contributed by atoms with Crippen LogP contribution in [-0.4, -0.2) is 20.7 Å². The molecule has 0 aliphatic carbocycles. The zero-order valence-corrected chi connectivity index (χ0v) is 18.0. The van der Waals surface area contributed by atoms with Crippen molar-refractivity contribution in [3.8, 4) is 11.4 Å². The summed E-state index contributed by atoms with van der Waals surface area (Å²) in [6.07, 6.45) is 4.35. The summed E-state index contributed by atoms with van der Waals surface area (Å²) >= 11 is 6.43. The fourth-order valence-electron chi connectivity index (χ4n) is 3.30. The molecule has 6 nitrogen and oxygen atoms in total. The number of benzene rings is 2. The van der Waals surface area contributed by atoms with Crippen LogP contribution in [-0.2, 0) is 13.0 Å². The molecule has 1 amide bonds. The van der Waals surface area contributed by atoms with Crippen molar-refractivity contribution in [2.24, 2.45) is 0 Å². The van der Waals surface area contributed by atoms with Gasteiger partial charge in [-0.05, 0) is 55.3 Å².